The van der Waals surface area contributed by atoms with Gasteiger partial charge in [0.25, 0.3) is 0 Å². The van der Waals surface area contributed by atoms with E-state index in [2.05, 4.69) is 49.0 Å². The van der Waals surface area contributed by atoms with E-state index in [1.807, 2.05) is 18.0 Å². The van der Waals surface area contributed by atoms with Crippen LogP contribution in [0, 0.1) is 6.92 Å². The molecule has 0 aliphatic heterocycles. The van der Waals surface area contributed by atoms with Crippen molar-refractivity contribution in [1.29, 1.82) is 0 Å². The Morgan fingerprint density at radius 3 is 2.60 bits per heavy atom. The molecule has 0 saturated heterocycles. The van der Waals surface area contributed by atoms with Gasteiger partial charge in [0.1, 0.15) is 0 Å². The standard InChI is InChI=1S/C16H29N3S/c1-5-8-17-12-15-11-14(4)16(18-13-15)20-10-9-19(6-2)7-3/h11,13,17H,5-10,12H2,1-4H3. The van der Waals surface area contributed by atoms with Gasteiger partial charge in [0.15, 0.2) is 0 Å². The highest BCUT2D eigenvalue weighted by Gasteiger charge is 2.04. The fourth-order valence-corrected chi connectivity index (χ4v) is 3.05. The van der Waals surface area contributed by atoms with Crippen LogP contribution >= 0.6 is 11.8 Å². The van der Waals surface area contributed by atoms with Crippen molar-refractivity contribution < 1.29 is 0 Å². The molecular formula is C16H29N3S. The average Bonchev–Trinajstić information content (AvgIpc) is 2.46. The smallest absolute Gasteiger partial charge is 0.0989 e. The second-order valence-corrected chi connectivity index (χ2v) is 6.10. The third kappa shape index (κ3) is 6.25. The molecule has 1 aromatic heterocycles. The van der Waals surface area contributed by atoms with Crippen LogP contribution in [0.5, 0.6) is 0 Å². The Morgan fingerprint density at radius 2 is 2.00 bits per heavy atom. The van der Waals surface area contributed by atoms with Gasteiger partial charge < -0.3 is 10.2 Å². The molecule has 1 N–H and O–H groups in total. The molecule has 3 nitrogen and oxygen atoms in total. The van der Waals surface area contributed by atoms with Gasteiger partial charge in [0.2, 0.25) is 0 Å². The molecule has 114 valence electrons. The van der Waals surface area contributed by atoms with Crippen molar-refractivity contribution in [3.8, 4) is 0 Å². The van der Waals surface area contributed by atoms with Crippen LogP contribution in [0.2, 0.25) is 0 Å². The first-order valence-corrected chi connectivity index (χ1v) is 8.71. The van der Waals surface area contributed by atoms with Gasteiger partial charge in [-0.2, -0.15) is 0 Å². The summed E-state index contributed by atoms with van der Waals surface area (Å²) in [5, 5.41) is 4.60. The Morgan fingerprint density at radius 1 is 1.25 bits per heavy atom. The molecule has 0 unspecified atom stereocenters. The molecule has 0 saturated carbocycles. The van der Waals surface area contributed by atoms with E-state index in [-0.39, 0.29) is 0 Å². The molecule has 4 heteroatoms. The summed E-state index contributed by atoms with van der Waals surface area (Å²) in [5.74, 6) is 1.11. The number of aryl methyl sites for hydroxylation is 1. The fraction of sp³-hybridized carbons (Fsp3) is 0.688. The topological polar surface area (TPSA) is 28.2 Å². The summed E-state index contributed by atoms with van der Waals surface area (Å²) >= 11 is 1.87. The largest absolute Gasteiger partial charge is 0.313 e. The van der Waals surface area contributed by atoms with E-state index in [0.29, 0.717) is 0 Å². The molecule has 0 atom stereocenters. The van der Waals surface area contributed by atoms with E-state index < -0.39 is 0 Å². The lowest BCUT2D eigenvalue weighted by Crippen LogP contribution is -2.25. The van der Waals surface area contributed by atoms with Gasteiger partial charge in [-0.15, -0.1) is 11.8 Å². The van der Waals surface area contributed by atoms with Crippen LogP contribution in [0.4, 0.5) is 0 Å². The number of hydrogen-bond donors (Lipinski definition) is 1. The third-order valence-corrected chi connectivity index (χ3v) is 4.47. The number of rotatable bonds is 10. The van der Waals surface area contributed by atoms with Gasteiger partial charge in [-0.25, -0.2) is 4.98 Å². The number of hydrogen-bond acceptors (Lipinski definition) is 4. The molecule has 0 aromatic carbocycles. The van der Waals surface area contributed by atoms with Crippen LogP contribution < -0.4 is 5.32 Å². The predicted molar refractivity (Wildman–Crippen MR) is 89.5 cm³/mol. The lowest BCUT2D eigenvalue weighted by molar-refractivity contribution is 0.324. The van der Waals surface area contributed by atoms with E-state index in [4.69, 9.17) is 0 Å². The minimum atomic E-state index is 0.923. The third-order valence-electron chi connectivity index (χ3n) is 3.38. The molecule has 1 heterocycles. The summed E-state index contributed by atoms with van der Waals surface area (Å²) in [6.45, 7) is 14.2. The zero-order valence-electron chi connectivity index (χ0n) is 13.4. The SMILES string of the molecule is CCCNCc1cnc(SCCN(CC)CC)c(C)c1. The lowest BCUT2D eigenvalue weighted by Gasteiger charge is -2.17. The molecule has 20 heavy (non-hydrogen) atoms. The monoisotopic (exact) mass is 295 g/mol. The molecule has 0 fully saturated rings. The molecule has 0 aliphatic rings. The van der Waals surface area contributed by atoms with Crippen molar-refractivity contribution in [2.75, 3.05) is 31.9 Å². The maximum atomic E-state index is 4.61. The van der Waals surface area contributed by atoms with Crippen molar-refractivity contribution in [1.82, 2.24) is 15.2 Å². The summed E-state index contributed by atoms with van der Waals surface area (Å²) in [7, 11) is 0. The molecule has 0 bridgehead atoms. The number of pyridine rings is 1. The molecule has 0 radical (unpaired) electrons. The van der Waals surface area contributed by atoms with Gasteiger partial charge in [-0.3, -0.25) is 0 Å². The van der Waals surface area contributed by atoms with Crippen LogP contribution in [-0.2, 0) is 6.54 Å². The Hall–Kier alpha value is -0.580. The van der Waals surface area contributed by atoms with Crippen LogP contribution in [-0.4, -0.2) is 41.8 Å². The average molecular weight is 295 g/mol. The highest BCUT2D eigenvalue weighted by Crippen LogP contribution is 2.20. The van der Waals surface area contributed by atoms with Crippen molar-refractivity contribution >= 4 is 11.8 Å². The van der Waals surface area contributed by atoms with E-state index in [9.17, 15) is 0 Å². The maximum Gasteiger partial charge on any atom is 0.0989 e. The zero-order valence-corrected chi connectivity index (χ0v) is 14.2. The highest BCUT2D eigenvalue weighted by molar-refractivity contribution is 7.99. The number of nitrogens with one attached hydrogen (secondary N) is 1. The fourth-order valence-electron chi connectivity index (χ4n) is 2.09. The van der Waals surface area contributed by atoms with Crippen LogP contribution in [0.1, 0.15) is 38.3 Å². The quantitative estimate of drug-likeness (QED) is 0.529. The van der Waals surface area contributed by atoms with Gasteiger partial charge in [0, 0.05) is 25.0 Å². The maximum absolute atomic E-state index is 4.61. The van der Waals surface area contributed by atoms with Crippen molar-refractivity contribution in [3.05, 3.63) is 23.4 Å². The second-order valence-electron chi connectivity index (χ2n) is 5.02. The predicted octanol–water partition coefficient (Wildman–Crippen LogP) is 3.32. The summed E-state index contributed by atoms with van der Waals surface area (Å²) in [5.41, 5.74) is 2.58. The molecular weight excluding hydrogens is 266 g/mol. The Bertz CT molecular complexity index is 378. The first-order valence-electron chi connectivity index (χ1n) is 7.72. The first-order chi connectivity index (χ1) is 9.71. The summed E-state index contributed by atoms with van der Waals surface area (Å²) in [6, 6.07) is 2.26. The Balaban J connectivity index is 2.43. The second kappa shape index (κ2) is 10.2. The van der Waals surface area contributed by atoms with E-state index >= 15 is 0 Å². The number of aromatic nitrogens is 1. The molecule has 1 rings (SSSR count). The van der Waals surface area contributed by atoms with Gasteiger partial charge in [-0.05, 0) is 44.1 Å². The normalized spacial score (nSPS) is 11.2. The molecule has 0 amide bonds. The summed E-state index contributed by atoms with van der Waals surface area (Å²) in [4.78, 5) is 7.06. The molecule has 1 aromatic rings. The van der Waals surface area contributed by atoms with E-state index in [1.54, 1.807) is 0 Å². The van der Waals surface area contributed by atoms with E-state index in [1.165, 1.54) is 22.6 Å². The van der Waals surface area contributed by atoms with Crippen LogP contribution in [0.25, 0.3) is 0 Å². The van der Waals surface area contributed by atoms with Crippen LogP contribution in [0.15, 0.2) is 17.3 Å². The Kier molecular flexibility index (Phi) is 8.90. The van der Waals surface area contributed by atoms with Gasteiger partial charge in [0.05, 0.1) is 5.03 Å². The molecule has 0 aliphatic carbocycles. The van der Waals surface area contributed by atoms with Crippen molar-refractivity contribution in [2.24, 2.45) is 0 Å². The van der Waals surface area contributed by atoms with Crippen molar-refractivity contribution in [2.45, 2.75) is 45.7 Å². The first kappa shape index (κ1) is 17.5. The number of nitrogens with zero attached hydrogens (tertiary/aromatic N) is 2. The summed E-state index contributed by atoms with van der Waals surface area (Å²) in [6.07, 6.45) is 3.18. The lowest BCUT2D eigenvalue weighted by atomic mass is 10.2. The summed E-state index contributed by atoms with van der Waals surface area (Å²) < 4.78 is 0. The zero-order chi connectivity index (χ0) is 14.8. The molecule has 0 spiro atoms. The van der Waals surface area contributed by atoms with Gasteiger partial charge >= 0.3 is 0 Å². The van der Waals surface area contributed by atoms with Gasteiger partial charge in [-0.1, -0.05) is 26.8 Å². The highest BCUT2D eigenvalue weighted by atomic mass is 32.2. The van der Waals surface area contributed by atoms with Crippen LogP contribution in [0.3, 0.4) is 0 Å². The van der Waals surface area contributed by atoms with Crippen molar-refractivity contribution in [3.63, 3.8) is 0 Å². The Labute approximate surface area is 128 Å². The minimum absolute atomic E-state index is 0.923. The number of thioether (sulfide) groups is 1. The minimum Gasteiger partial charge on any atom is -0.313 e. The van der Waals surface area contributed by atoms with E-state index in [0.717, 1.165) is 38.5 Å².